The SMILES string of the molecule is C[C](C)(C)[Ge]1([CH3])[CH2]CC[CH2]1. The third-order valence-electron chi connectivity index (χ3n) is 3.52. The first kappa shape index (κ1) is 8.64. The Morgan fingerprint density at radius 3 is 1.60 bits per heavy atom. The maximum atomic E-state index is 2.63. The van der Waals surface area contributed by atoms with Gasteiger partial charge in [0, 0.05) is 0 Å². The van der Waals surface area contributed by atoms with Crippen molar-refractivity contribution in [3.05, 3.63) is 0 Å². The molecule has 1 rings (SSSR count). The molecular formula is C9H20Ge. The van der Waals surface area contributed by atoms with E-state index < -0.39 is 13.3 Å². The number of rotatable bonds is 0. The van der Waals surface area contributed by atoms with Crippen LogP contribution in [-0.4, -0.2) is 13.3 Å². The minimum absolute atomic E-state index is 0.705. The van der Waals surface area contributed by atoms with Gasteiger partial charge in [-0.05, 0) is 0 Å². The molecule has 0 bridgehead atoms. The monoisotopic (exact) mass is 202 g/mol. The Balaban J connectivity index is 2.67. The molecular weight excluding hydrogens is 181 g/mol. The third kappa shape index (κ3) is 1.41. The molecule has 1 aliphatic rings. The van der Waals surface area contributed by atoms with E-state index >= 15 is 0 Å². The van der Waals surface area contributed by atoms with Crippen LogP contribution in [-0.2, 0) is 0 Å². The van der Waals surface area contributed by atoms with Gasteiger partial charge in [0.15, 0.2) is 0 Å². The molecule has 0 N–H and O–H groups in total. The van der Waals surface area contributed by atoms with Crippen molar-refractivity contribution in [3.8, 4) is 0 Å². The second-order valence-electron chi connectivity index (χ2n) is 5.02. The Morgan fingerprint density at radius 1 is 1.00 bits per heavy atom. The Bertz CT molecular complexity index is 115. The zero-order valence-corrected chi connectivity index (χ0v) is 9.93. The molecule has 0 aromatic carbocycles. The molecule has 0 aliphatic carbocycles. The van der Waals surface area contributed by atoms with Crippen LogP contribution in [0.4, 0.5) is 0 Å². The van der Waals surface area contributed by atoms with Crippen molar-refractivity contribution in [1.29, 1.82) is 0 Å². The molecule has 60 valence electrons. The van der Waals surface area contributed by atoms with E-state index in [4.69, 9.17) is 0 Å². The van der Waals surface area contributed by atoms with Gasteiger partial charge in [-0.2, -0.15) is 0 Å². The van der Waals surface area contributed by atoms with E-state index in [2.05, 4.69) is 26.5 Å². The van der Waals surface area contributed by atoms with Crippen LogP contribution in [0.2, 0.25) is 20.5 Å². The molecule has 0 aromatic rings. The summed E-state index contributed by atoms with van der Waals surface area (Å²) in [6, 6.07) is 0. The summed E-state index contributed by atoms with van der Waals surface area (Å²) in [6.07, 6.45) is 3.07. The molecule has 0 atom stereocenters. The molecule has 0 amide bonds. The predicted molar refractivity (Wildman–Crippen MR) is 50.2 cm³/mol. The summed E-state index contributed by atoms with van der Waals surface area (Å²) in [5, 5.41) is 3.26. The third-order valence-corrected chi connectivity index (χ3v) is 17.2. The molecule has 1 saturated heterocycles. The van der Waals surface area contributed by atoms with Gasteiger partial charge < -0.3 is 0 Å². The molecule has 1 fully saturated rings. The molecule has 1 heteroatoms. The van der Waals surface area contributed by atoms with Crippen LogP contribution in [0.5, 0.6) is 0 Å². The molecule has 1 aliphatic heterocycles. The molecule has 10 heavy (non-hydrogen) atoms. The number of hydrogen-bond acceptors (Lipinski definition) is 0. The first-order valence-corrected chi connectivity index (χ1v) is 10.6. The fraction of sp³-hybridized carbons (Fsp3) is 1.00. The predicted octanol–water partition coefficient (Wildman–Crippen LogP) is 3.66. The van der Waals surface area contributed by atoms with E-state index in [9.17, 15) is 0 Å². The standard InChI is InChI=1S/C9H20Ge/c1-9(2,3)10(4)7-5-6-8-10/h5-8H2,1-4H3. The van der Waals surface area contributed by atoms with Gasteiger partial charge in [-0.3, -0.25) is 0 Å². The molecule has 0 nitrogen and oxygen atoms in total. The van der Waals surface area contributed by atoms with Crippen LogP contribution in [0.25, 0.3) is 0 Å². The van der Waals surface area contributed by atoms with Crippen LogP contribution >= 0.6 is 0 Å². The normalized spacial score (nSPS) is 25.2. The first-order chi connectivity index (χ1) is 4.46. The summed E-state index contributed by atoms with van der Waals surface area (Å²) in [4.78, 5) is 0. The van der Waals surface area contributed by atoms with Crippen LogP contribution in [0.3, 0.4) is 0 Å². The van der Waals surface area contributed by atoms with Crippen molar-refractivity contribution >= 4 is 13.3 Å². The zero-order valence-electron chi connectivity index (χ0n) is 7.83. The van der Waals surface area contributed by atoms with E-state index in [0.29, 0.717) is 4.25 Å². The van der Waals surface area contributed by atoms with E-state index in [1.807, 2.05) is 0 Å². The second-order valence-corrected chi connectivity index (χ2v) is 16.8. The van der Waals surface area contributed by atoms with Crippen molar-refractivity contribution in [2.75, 3.05) is 0 Å². The topological polar surface area (TPSA) is 0 Å². The van der Waals surface area contributed by atoms with Gasteiger partial charge in [0.2, 0.25) is 0 Å². The first-order valence-electron chi connectivity index (χ1n) is 4.46. The Hall–Kier alpha value is 0.543. The van der Waals surface area contributed by atoms with Crippen molar-refractivity contribution in [3.63, 3.8) is 0 Å². The second kappa shape index (κ2) is 2.54. The van der Waals surface area contributed by atoms with E-state index in [1.54, 1.807) is 10.5 Å². The van der Waals surface area contributed by atoms with Gasteiger partial charge in [-0.25, -0.2) is 0 Å². The van der Waals surface area contributed by atoms with Crippen LogP contribution in [0.1, 0.15) is 33.6 Å². The molecule has 0 radical (unpaired) electrons. The molecule has 1 heterocycles. The van der Waals surface area contributed by atoms with Crippen molar-refractivity contribution in [2.24, 2.45) is 0 Å². The van der Waals surface area contributed by atoms with E-state index in [1.165, 1.54) is 12.8 Å². The maximum absolute atomic E-state index is 2.63. The Morgan fingerprint density at radius 2 is 1.40 bits per heavy atom. The van der Waals surface area contributed by atoms with Crippen molar-refractivity contribution in [1.82, 2.24) is 0 Å². The van der Waals surface area contributed by atoms with E-state index in [-0.39, 0.29) is 0 Å². The average Bonchev–Trinajstić information content (AvgIpc) is 2.13. The average molecular weight is 201 g/mol. The quantitative estimate of drug-likeness (QED) is 0.524. The summed E-state index contributed by atoms with van der Waals surface area (Å²) in [6.45, 7) is 7.37. The van der Waals surface area contributed by atoms with Gasteiger partial charge >= 0.3 is 67.4 Å². The Labute approximate surface area is 67.8 Å². The molecule has 0 saturated carbocycles. The molecule has 0 spiro atoms. The van der Waals surface area contributed by atoms with Gasteiger partial charge in [0.1, 0.15) is 0 Å². The molecule has 0 aromatic heterocycles. The van der Waals surface area contributed by atoms with Crippen LogP contribution < -0.4 is 0 Å². The summed E-state index contributed by atoms with van der Waals surface area (Å²) in [7, 11) is 0. The van der Waals surface area contributed by atoms with Crippen LogP contribution in [0.15, 0.2) is 0 Å². The van der Waals surface area contributed by atoms with Crippen LogP contribution in [0, 0.1) is 0 Å². The van der Waals surface area contributed by atoms with Crippen molar-refractivity contribution in [2.45, 2.75) is 54.1 Å². The summed E-state index contributed by atoms with van der Waals surface area (Å²) < 4.78 is 0.705. The summed E-state index contributed by atoms with van der Waals surface area (Å²) in [5.41, 5.74) is 0. The summed E-state index contributed by atoms with van der Waals surface area (Å²) >= 11 is -1.28. The zero-order chi connectivity index (χ0) is 7.83. The summed E-state index contributed by atoms with van der Waals surface area (Å²) in [5.74, 6) is 2.63. The fourth-order valence-electron chi connectivity index (χ4n) is 1.91. The fourth-order valence-corrected chi connectivity index (χ4v) is 9.90. The van der Waals surface area contributed by atoms with Gasteiger partial charge in [-0.1, -0.05) is 0 Å². The van der Waals surface area contributed by atoms with Crippen molar-refractivity contribution < 1.29 is 0 Å². The minimum atomic E-state index is -1.28. The van der Waals surface area contributed by atoms with Gasteiger partial charge in [-0.15, -0.1) is 0 Å². The Kier molecular flexibility index (Phi) is 2.20. The van der Waals surface area contributed by atoms with Gasteiger partial charge in [0.05, 0.1) is 0 Å². The van der Waals surface area contributed by atoms with E-state index in [0.717, 1.165) is 0 Å². The van der Waals surface area contributed by atoms with Gasteiger partial charge in [0.25, 0.3) is 0 Å². The molecule has 0 unspecified atom stereocenters. The number of hydrogen-bond donors (Lipinski definition) is 0.